The monoisotopic (exact) mass is 311 g/mol. The van der Waals surface area contributed by atoms with Gasteiger partial charge in [0.05, 0.1) is 24.0 Å². The highest BCUT2D eigenvalue weighted by Gasteiger charge is 2.07. The summed E-state index contributed by atoms with van der Waals surface area (Å²) in [6.45, 7) is 7.77. The predicted octanol–water partition coefficient (Wildman–Crippen LogP) is 3.40. The van der Waals surface area contributed by atoms with Crippen molar-refractivity contribution < 1.29 is 0 Å². The standard InChI is InChI=1S/C6H9IN3P.C2H6/c1-4-3-9-10(11-7)6(4)5(2)8;1-2/h3,8,11H,1-2H3;1-2H3. The van der Waals surface area contributed by atoms with Gasteiger partial charge in [-0.3, -0.25) is 0 Å². The van der Waals surface area contributed by atoms with Crippen molar-refractivity contribution in [3.05, 3.63) is 17.5 Å². The maximum Gasteiger partial charge on any atom is 0.0890 e. The number of aryl methyl sites for hydroxylation is 1. The van der Waals surface area contributed by atoms with Crippen LogP contribution >= 0.6 is 28.4 Å². The van der Waals surface area contributed by atoms with Crippen molar-refractivity contribution in [3.63, 3.8) is 0 Å². The third kappa shape index (κ3) is 3.35. The maximum atomic E-state index is 7.48. The van der Waals surface area contributed by atoms with Gasteiger partial charge in [0.2, 0.25) is 0 Å². The molecule has 0 amide bonds. The van der Waals surface area contributed by atoms with E-state index < -0.39 is 0 Å². The first-order valence-corrected chi connectivity index (χ1v) is 8.19. The Kier molecular flexibility index (Phi) is 6.51. The zero-order chi connectivity index (χ0) is 10.4. The third-order valence-electron chi connectivity index (χ3n) is 1.39. The van der Waals surface area contributed by atoms with Crippen molar-refractivity contribution in [1.29, 1.82) is 5.41 Å². The SMILES string of the molecule is CC.CC(=N)c1c(C)cnn1PI. The summed E-state index contributed by atoms with van der Waals surface area (Å²) in [6.07, 6.45) is 2.38. The largest absolute Gasteiger partial charge is 0.303 e. The highest BCUT2D eigenvalue weighted by molar-refractivity contribution is 14.2. The highest BCUT2D eigenvalue weighted by Crippen LogP contribution is 2.26. The molecule has 1 unspecified atom stereocenters. The molecular weight excluding hydrogens is 296 g/mol. The fourth-order valence-corrected chi connectivity index (χ4v) is 2.58. The summed E-state index contributed by atoms with van der Waals surface area (Å²) in [4.78, 5) is 0. The molecule has 74 valence electrons. The van der Waals surface area contributed by atoms with Gasteiger partial charge in [-0.1, -0.05) is 13.8 Å². The molecule has 0 radical (unpaired) electrons. The van der Waals surface area contributed by atoms with Gasteiger partial charge in [-0.15, -0.1) is 0 Å². The maximum absolute atomic E-state index is 7.48. The number of halogens is 1. The van der Waals surface area contributed by atoms with Gasteiger partial charge in [-0.2, -0.15) is 5.10 Å². The molecule has 1 aromatic rings. The zero-order valence-electron chi connectivity index (χ0n) is 8.35. The molecule has 0 aliphatic heterocycles. The minimum atomic E-state index is 0.577. The topological polar surface area (TPSA) is 41.7 Å². The first-order chi connectivity index (χ1) is 6.16. The summed E-state index contributed by atoms with van der Waals surface area (Å²) >= 11 is 2.26. The molecule has 0 aromatic carbocycles. The second-order valence-corrected chi connectivity index (χ2v) is 4.34. The van der Waals surface area contributed by atoms with Crippen molar-refractivity contribution in [3.8, 4) is 0 Å². The van der Waals surface area contributed by atoms with E-state index in [1.807, 2.05) is 25.2 Å². The Morgan fingerprint density at radius 1 is 1.62 bits per heavy atom. The first-order valence-electron chi connectivity index (χ1n) is 4.13. The molecule has 0 spiro atoms. The normalized spacial score (nSPS) is 9.92. The Morgan fingerprint density at radius 2 is 2.15 bits per heavy atom. The molecule has 3 nitrogen and oxygen atoms in total. The highest BCUT2D eigenvalue weighted by atomic mass is 127. The van der Waals surface area contributed by atoms with E-state index in [1.165, 1.54) is 0 Å². The summed E-state index contributed by atoms with van der Waals surface area (Å²) in [5, 5.41) is 11.6. The van der Waals surface area contributed by atoms with Crippen molar-refractivity contribution in [1.82, 2.24) is 9.55 Å². The fraction of sp³-hybridized carbons (Fsp3) is 0.500. The molecule has 1 atom stereocenters. The van der Waals surface area contributed by atoms with Crippen LogP contribution in [0.15, 0.2) is 6.20 Å². The Labute approximate surface area is 94.1 Å². The second-order valence-electron chi connectivity index (χ2n) is 2.30. The van der Waals surface area contributed by atoms with Crippen molar-refractivity contribution >= 4 is 34.1 Å². The van der Waals surface area contributed by atoms with Crippen LogP contribution in [0.5, 0.6) is 0 Å². The minimum absolute atomic E-state index is 0.577. The predicted molar refractivity (Wildman–Crippen MR) is 68.5 cm³/mol. The molecule has 0 fully saturated rings. The van der Waals surface area contributed by atoms with Gasteiger partial charge >= 0.3 is 0 Å². The van der Waals surface area contributed by atoms with Crippen molar-refractivity contribution in [2.24, 2.45) is 0 Å². The molecular formula is C8H15IN3P. The number of aromatic nitrogens is 2. The lowest BCUT2D eigenvalue weighted by Gasteiger charge is -2.01. The van der Waals surface area contributed by atoms with E-state index in [9.17, 15) is 0 Å². The smallest absolute Gasteiger partial charge is 0.0890 e. The molecule has 0 saturated heterocycles. The van der Waals surface area contributed by atoms with Crippen LogP contribution in [-0.2, 0) is 0 Å². The van der Waals surface area contributed by atoms with E-state index in [-0.39, 0.29) is 0 Å². The van der Waals surface area contributed by atoms with Crippen LogP contribution in [-0.4, -0.2) is 15.3 Å². The molecule has 0 bridgehead atoms. The molecule has 0 saturated carbocycles. The molecule has 13 heavy (non-hydrogen) atoms. The number of nitrogens with one attached hydrogen (secondary N) is 1. The molecule has 1 rings (SSSR count). The van der Waals surface area contributed by atoms with Gasteiger partial charge in [0.25, 0.3) is 0 Å². The van der Waals surface area contributed by atoms with Gasteiger partial charge < -0.3 is 5.41 Å². The van der Waals surface area contributed by atoms with Gasteiger partial charge in [-0.05, 0) is 41.5 Å². The van der Waals surface area contributed by atoms with Gasteiger partial charge in [-0.25, -0.2) is 4.45 Å². The summed E-state index contributed by atoms with van der Waals surface area (Å²) in [5.74, 6) is 0. The number of nitrogens with zero attached hydrogens (tertiary/aromatic N) is 2. The molecule has 0 aliphatic rings. The third-order valence-corrected chi connectivity index (χ3v) is 3.26. The molecule has 1 aromatic heterocycles. The van der Waals surface area contributed by atoms with Crippen LogP contribution in [0.3, 0.4) is 0 Å². The second kappa shape index (κ2) is 6.49. The first kappa shape index (κ1) is 13.0. The zero-order valence-corrected chi connectivity index (χ0v) is 11.5. The number of rotatable bonds is 2. The van der Waals surface area contributed by atoms with Crippen LogP contribution in [0, 0.1) is 12.3 Å². The van der Waals surface area contributed by atoms with Crippen LogP contribution in [0.1, 0.15) is 32.0 Å². The van der Waals surface area contributed by atoms with E-state index in [0.29, 0.717) is 12.1 Å². The van der Waals surface area contributed by atoms with Crippen LogP contribution < -0.4 is 0 Å². The van der Waals surface area contributed by atoms with Gasteiger partial charge in [0.1, 0.15) is 0 Å². The van der Waals surface area contributed by atoms with Crippen molar-refractivity contribution in [2.45, 2.75) is 27.7 Å². The fourth-order valence-electron chi connectivity index (χ4n) is 0.949. The van der Waals surface area contributed by atoms with Crippen LogP contribution in [0.25, 0.3) is 0 Å². The average molecular weight is 311 g/mol. The quantitative estimate of drug-likeness (QED) is 0.508. The Morgan fingerprint density at radius 3 is 2.46 bits per heavy atom. The Hall–Kier alpha value is 0.0400. The summed E-state index contributed by atoms with van der Waals surface area (Å²) in [7, 11) is 0. The minimum Gasteiger partial charge on any atom is -0.303 e. The average Bonchev–Trinajstić information content (AvgIpc) is 2.50. The van der Waals surface area contributed by atoms with E-state index in [4.69, 9.17) is 5.41 Å². The summed E-state index contributed by atoms with van der Waals surface area (Å²) in [6, 6.07) is 0. The number of hydrogen-bond acceptors (Lipinski definition) is 2. The van der Waals surface area contributed by atoms with E-state index in [2.05, 4.69) is 27.1 Å². The Balaban J connectivity index is 0.000000671. The van der Waals surface area contributed by atoms with Gasteiger partial charge in [0, 0.05) is 0 Å². The van der Waals surface area contributed by atoms with Crippen LogP contribution in [0.4, 0.5) is 0 Å². The number of hydrogen-bond donors (Lipinski definition) is 1. The summed E-state index contributed by atoms with van der Waals surface area (Å²) in [5.41, 5.74) is 2.63. The van der Waals surface area contributed by atoms with Crippen molar-refractivity contribution in [2.75, 3.05) is 0 Å². The van der Waals surface area contributed by atoms with Gasteiger partial charge in [0.15, 0.2) is 0 Å². The lowest BCUT2D eigenvalue weighted by molar-refractivity contribution is 0.996. The lowest BCUT2D eigenvalue weighted by Crippen LogP contribution is -2.00. The van der Waals surface area contributed by atoms with E-state index in [1.54, 1.807) is 13.1 Å². The molecule has 1 N–H and O–H groups in total. The van der Waals surface area contributed by atoms with E-state index in [0.717, 1.165) is 11.3 Å². The van der Waals surface area contributed by atoms with E-state index >= 15 is 0 Å². The molecule has 1 heterocycles. The molecule has 5 heteroatoms. The summed E-state index contributed by atoms with van der Waals surface area (Å²) < 4.78 is 1.86. The van der Waals surface area contributed by atoms with Crippen LogP contribution in [0.2, 0.25) is 0 Å². The molecule has 0 aliphatic carbocycles. The lowest BCUT2D eigenvalue weighted by atomic mass is 10.2. The Bertz CT molecular complexity index is 283.